The Bertz CT molecular complexity index is 597. The van der Waals surface area contributed by atoms with Crippen molar-refractivity contribution < 1.29 is 23.4 Å². The molecular weight excluding hydrogens is 282 g/mol. The summed E-state index contributed by atoms with van der Waals surface area (Å²) in [6, 6.07) is 3.47. The molecule has 0 aromatic heterocycles. The van der Waals surface area contributed by atoms with Gasteiger partial charge in [0.05, 0.1) is 17.1 Å². The third kappa shape index (κ3) is 3.17. The molecule has 2 N–H and O–H groups in total. The highest BCUT2D eigenvalue weighted by molar-refractivity contribution is 7.89. The molecule has 6 nitrogen and oxygen atoms in total. The van der Waals surface area contributed by atoms with Crippen LogP contribution in [0.1, 0.15) is 29.8 Å². The first-order valence-corrected chi connectivity index (χ1v) is 7.64. The Hall–Kier alpha value is -1.44. The molecule has 20 heavy (non-hydrogen) atoms. The van der Waals surface area contributed by atoms with Gasteiger partial charge in [0.15, 0.2) is 0 Å². The Balaban J connectivity index is 3.42. The monoisotopic (exact) mass is 301 g/mol. The zero-order chi connectivity index (χ0) is 15.5. The van der Waals surface area contributed by atoms with Crippen LogP contribution in [-0.2, 0) is 16.4 Å². The number of hydrogen-bond donors (Lipinski definition) is 2. The Morgan fingerprint density at radius 2 is 2.00 bits per heavy atom. The minimum absolute atomic E-state index is 0.0253. The summed E-state index contributed by atoms with van der Waals surface area (Å²) >= 11 is 0. The Kier molecular flexibility index (Phi) is 5.27. The van der Waals surface area contributed by atoms with E-state index < -0.39 is 22.0 Å². The van der Waals surface area contributed by atoms with Gasteiger partial charge in [0.25, 0.3) is 0 Å². The lowest BCUT2D eigenvalue weighted by Crippen LogP contribution is -2.37. The van der Waals surface area contributed by atoms with E-state index in [0.717, 1.165) is 10.4 Å². The maximum Gasteiger partial charge on any atom is 0.335 e. The van der Waals surface area contributed by atoms with Crippen molar-refractivity contribution in [1.29, 1.82) is 0 Å². The van der Waals surface area contributed by atoms with Crippen LogP contribution in [0.4, 0.5) is 0 Å². The van der Waals surface area contributed by atoms with Crippen molar-refractivity contribution in [1.82, 2.24) is 4.31 Å². The predicted octanol–water partition coefficient (Wildman–Crippen LogP) is 0.949. The smallest absolute Gasteiger partial charge is 0.335 e. The maximum atomic E-state index is 12.5. The fourth-order valence-corrected chi connectivity index (χ4v) is 3.40. The van der Waals surface area contributed by atoms with E-state index in [4.69, 9.17) is 10.2 Å². The lowest BCUT2D eigenvalue weighted by Gasteiger charge is -2.24. The van der Waals surface area contributed by atoms with Crippen LogP contribution in [0.2, 0.25) is 0 Å². The summed E-state index contributed by atoms with van der Waals surface area (Å²) in [7, 11) is -2.47. The fourth-order valence-electron chi connectivity index (χ4n) is 1.73. The number of sulfonamides is 1. The van der Waals surface area contributed by atoms with Gasteiger partial charge in [0, 0.05) is 13.1 Å². The molecule has 1 aromatic carbocycles. The van der Waals surface area contributed by atoms with E-state index in [1.807, 2.05) is 0 Å². The first-order chi connectivity index (χ1) is 9.25. The summed E-state index contributed by atoms with van der Waals surface area (Å²) in [5.41, 5.74) is 0.470. The van der Waals surface area contributed by atoms with E-state index in [2.05, 4.69) is 0 Å². The molecule has 0 fully saturated rings. The average Bonchev–Trinajstić information content (AvgIpc) is 2.44. The number of likely N-dealkylation sites (N-methyl/N-ethyl adjacent to an activating group) is 1. The van der Waals surface area contributed by atoms with E-state index in [9.17, 15) is 13.2 Å². The van der Waals surface area contributed by atoms with Gasteiger partial charge in [-0.2, -0.15) is 4.31 Å². The molecule has 1 atom stereocenters. The molecule has 112 valence electrons. The predicted molar refractivity (Wildman–Crippen MR) is 74.3 cm³/mol. The van der Waals surface area contributed by atoms with Gasteiger partial charge in [0.1, 0.15) is 0 Å². The number of benzene rings is 1. The van der Waals surface area contributed by atoms with E-state index in [1.165, 1.54) is 19.2 Å². The lowest BCUT2D eigenvalue weighted by atomic mass is 10.1. The third-order valence-corrected chi connectivity index (χ3v) is 5.29. The van der Waals surface area contributed by atoms with E-state index >= 15 is 0 Å². The van der Waals surface area contributed by atoms with Gasteiger partial charge < -0.3 is 10.2 Å². The number of aromatic carboxylic acids is 1. The van der Waals surface area contributed by atoms with Gasteiger partial charge in [-0.1, -0.05) is 13.0 Å². The quantitative estimate of drug-likeness (QED) is 0.815. The van der Waals surface area contributed by atoms with Gasteiger partial charge in [-0.25, -0.2) is 13.2 Å². The standard InChI is InChI=1S/C13H19NO5S/c1-4-10-5-6-11(13(16)17)7-12(10)20(18,19)14(3)9(2)8-15/h5-7,9,15H,4,8H2,1-3H3,(H,16,17). The number of aliphatic hydroxyl groups excluding tert-OH is 1. The Morgan fingerprint density at radius 3 is 2.45 bits per heavy atom. The van der Waals surface area contributed by atoms with Crippen molar-refractivity contribution in [2.24, 2.45) is 0 Å². The summed E-state index contributed by atoms with van der Waals surface area (Å²) in [5, 5.41) is 18.1. The normalized spacial score (nSPS) is 13.4. The first kappa shape index (κ1) is 16.6. The van der Waals surface area contributed by atoms with Gasteiger partial charge in [-0.05, 0) is 31.0 Å². The summed E-state index contributed by atoms with van der Waals surface area (Å²) in [6.07, 6.45) is 0.468. The highest BCUT2D eigenvalue weighted by atomic mass is 32.2. The van der Waals surface area contributed by atoms with Crippen LogP contribution in [0.5, 0.6) is 0 Å². The van der Waals surface area contributed by atoms with Gasteiger partial charge in [0.2, 0.25) is 10.0 Å². The van der Waals surface area contributed by atoms with Crippen molar-refractivity contribution in [3.63, 3.8) is 0 Å². The second kappa shape index (κ2) is 6.34. The van der Waals surface area contributed by atoms with Crippen LogP contribution >= 0.6 is 0 Å². The van der Waals surface area contributed by atoms with Crippen molar-refractivity contribution in [2.75, 3.05) is 13.7 Å². The second-order valence-corrected chi connectivity index (χ2v) is 6.50. The highest BCUT2D eigenvalue weighted by Crippen LogP contribution is 2.23. The van der Waals surface area contributed by atoms with Crippen LogP contribution in [0.25, 0.3) is 0 Å². The molecule has 0 aliphatic rings. The average molecular weight is 301 g/mol. The number of rotatable bonds is 6. The van der Waals surface area contributed by atoms with E-state index in [-0.39, 0.29) is 17.1 Å². The van der Waals surface area contributed by atoms with Crippen molar-refractivity contribution in [3.8, 4) is 0 Å². The molecule has 0 bridgehead atoms. The number of carboxylic acid groups (broad SMARTS) is 1. The first-order valence-electron chi connectivity index (χ1n) is 6.20. The maximum absolute atomic E-state index is 12.5. The van der Waals surface area contributed by atoms with Crippen LogP contribution < -0.4 is 0 Å². The molecule has 0 aliphatic carbocycles. The van der Waals surface area contributed by atoms with Gasteiger partial charge in [-0.15, -0.1) is 0 Å². The van der Waals surface area contributed by atoms with Crippen LogP contribution in [-0.4, -0.2) is 48.6 Å². The SMILES string of the molecule is CCc1ccc(C(=O)O)cc1S(=O)(=O)N(C)C(C)CO. The molecule has 0 saturated heterocycles. The molecule has 0 aliphatic heterocycles. The Labute approximate surface area is 118 Å². The second-order valence-electron chi connectivity index (χ2n) is 4.53. The number of hydrogen-bond acceptors (Lipinski definition) is 4. The molecule has 1 rings (SSSR count). The number of carboxylic acids is 1. The van der Waals surface area contributed by atoms with E-state index in [1.54, 1.807) is 13.8 Å². The minimum atomic E-state index is -3.84. The van der Waals surface area contributed by atoms with Gasteiger partial charge in [-0.3, -0.25) is 0 Å². The molecule has 7 heteroatoms. The number of aryl methyl sites for hydroxylation is 1. The zero-order valence-electron chi connectivity index (χ0n) is 11.7. The third-order valence-electron chi connectivity index (χ3n) is 3.24. The molecule has 1 unspecified atom stereocenters. The zero-order valence-corrected chi connectivity index (χ0v) is 12.5. The number of aliphatic hydroxyl groups is 1. The number of carbonyl (C=O) groups is 1. The molecule has 0 heterocycles. The van der Waals surface area contributed by atoms with Crippen LogP contribution in [0.3, 0.4) is 0 Å². The summed E-state index contributed by atoms with van der Waals surface area (Å²) in [4.78, 5) is 11.0. The molecule has 1 aromatic rings. The molecular formula is C13H19NO5S. The van der Waals surface area contributed by atoms with Crippen LogP contribution in [0.15, 0.2) is 23.1 Å². The summed E-state index contributed by atoms with van der Waals surface area (Å²) in [5.74, 6) is -1.18. The summed E-state index contributed by atoms with van der Waals surface area (Å²) in [6.45, 7) is 3.06. The van der Waals surface area contributed by atoms with E-state index in [0.29, 0.717) is 12.0 Å². The highest BCUT2D eigenvalue weighted by Gasteiger charge is 2.27. The minimum Gasteiger partial charge on any atom is -0.478 e. The molecule has 0 radical (unpaired) electrons. The molecule has 0 spiro atoms. The van der Waals surface area contributed by atoms with Gasteiger partial charge >= 0.3 is 5.97 Å². The Morgan fingerprint density at radius 1 is 1.40 bits per heavy atom. The lowest BCUT2D eigenvalue weighted by molar-refractivity contribution is 0.0696. The van der Waals surface area contributed by atoms with Crippen molar-refractivity contribution in [3.05, 3.63) is 29.3 Å². The summed E-state index contributed by atoms with van der Waals surface area (Å²) < 4.78 is 26.1. The van der Waals surface area contributed by atoms with Crippen molar-refractivity contribution in [2.45, 2.75) is 31.2 Å². The van der Waals surface area contributed by atoms with Crippen molar-refractivity contribution >= 4 is 16.0 Å². The topological polar surface area (TPSA) is 94.9 Å². The molecule has 0 amide bonds. The fraction of sp³-hybridized carbons (Fsp3) is 0.462. The molecule has 0 saturated carbocycles. The van der Waals surface area contributed by atoms with Crippen LogP contribution in [0, 0.1) is 0 Å². The largest absolute Gasteiger partial charge is 0.478 e. The number of nitrogens with zero attached hydrogens (tertiary/aromatic N) is 1.